The van der Waals surface area contributed by atoms with Crippen LogP contribution in [0.4, 0.5) is 23.7 Å². The fourth-order valence-electron chi connectivity index (χ4n) is 5.03. The average Bonchev–Trinajstić information content (AvgIpc) is 3.41. The molecule has 1 saturated heterocycles. The van der Waals surface area contributed by atoms with E-state index in [0.717, 1.165) is 23.4 Å². The maximum Gasteiger partial charge on any atom is 0.416 e. The third-order valence-corrected chi connectivity index (χ3v) is 6.90. The summed E-state index contributed by atoms with van der Waals surface area (Å²) in [6, 6.07) is 12.3. The van der Waals surface area contributed by atoms with E-state index in [1.165, 1.54) is 17.7 Å². The fourth-order valence-corrected chi connectivity index (χ4v) is 5.03. The highest BCUT2D eigenvalue weighted by molar-refractivity contribution is 5.89. The van der Waals surface area contributed by atoms with Crippen molar-refractivity contribution in [1.29, 1.82) is 0 Å². The molecule has 1 fully saturated rings. The highest BCUT2D eigenvalue weighted by atomic mass is 19.4. The molecule has 1 aromatic heterocycles. The number of aromatic nitrogens is 2. The number of anilines is 1. The average molecular weight is 470 g/mol. The number of likely N-dealkylation sites (tertiary alicyclic amines) is 1. The smallest absolute Gasteiger partial charge is 0.393 e. The number of urea groups is 1. The molecule has 34 heavy (non-hydrogen) atoms. The molecule has 0 spiro atoms. The first-order valence-electron chi connectivity index (χ1n) is 11.3. The lowest BCUT2D eigenvalue weighted by Crippen LogP contribution is -2.43. The number of imidazole rings is 1. The van der Waals surface area contributed by atoms with E-state index >= 15 is 0 Å². The number of amides is 2. The molecule has 2 aromatic carbocycles. The molecule has 0 bridgehead atoms. The summed E-state index contributed by atoms with van der Waals surface area (Å²) in [6.45, 7) is 0.956. The lowest BCUT2D eigenvalue weighted by atomic mass is 9.86. The number of hydrogen-bond donors (Lipinski definition) is 2. The van der Waals surface area contributed by atoms with Crippen molar-refractivity contribution in [3.63, 3.8) is 0 Å². The number of carbonyl (C=O) groups is 1. The normalized spacial score (nSPS) is 18.9. The lowest BCUT2D eigenvalue weighted by Gasteiger charge is -2.35. The van der Waals surface area contributed by atoms with E-state index in [2.05, 4.69) is 27.0 Å². The minimum atomic E-state index is -4.41. The Labute approximate surface area is 195 Å². The molecular formula is C25H25F3N4O2. The highest BCUT2D eigenvalue weighted by Crippen LogP contribution is 2.42. The van der Waals surface area contributed by atoms with Gasteiger partial charge in [-0.1, -0.05) is 24.3 Å². The third kappa shape index (κ3) is 4.27. The third-order valence-electron chi connectivity index (χ3n) is 6.90. The van der Waals surface area contributed by atoms with Gasteiger partial charge in [0.15, 0.2) is 0 Å². The maximum atomic E-state index is 12.7. The molecule has 6 nitrogen and oxygen atoms in total. The predicted molar refractivity (Wildman–Crippen MR) is 121 cm³/mol. The first-order chi connectivity index (χ1) is 16.3. The molecule has 5 rings (SSSR count). The first kappa shape index (κ1) is 22.5. The minimum Gasteiger partial charge on any atom is -0.393 e. The fraction of sp³-hybridized carbons (Fsp3) is 0.360. The topological polar surface area (TPSA) is 70.4 Å². The molecule has 0 unspecified atom stereocenters. The SMILES string of the molecule is O=C(Nc1ccc(C(F)(F)F)cc1)N1CCC([C@H](O)C[C@H]2c3ccccc3-c3cncn32)CC1. The van der Waals surface area contributed by atoms with Gasteiger partial charge in [0, 0.05) is 24.3 Å². The van der Waals surface area contributed by atoms with Crippen LogP contribution < -0.4 is 5.32 Å². The van der Waals surface area contributed by atoms with Crippen molar-refractivity contribution in [2.24, 2.45) is 5.92 Å². The Morgan fingerprint density at radius 2 is 1.82 bits per heavy atom. The van der Waals surface area contributed by atoms with Gasteiger partial charge in [-0.25, -0.2) is 9.78 Å². The molecule has 0 saturated carbocycles. The quantitative estimate of drug-likeness (QED) is 0.553. The second kappa shape index (κ2) is 8.79. The van der Waals surface area contributed by atoms with Gasteiger partial charge in [0.1, 0.15) is 0 Å². The van der Waals surface area contributed by atoms with E-state index in [0.29, 0.717) is 38.0 Å². The van der Waals surface area contributed by atoms with Crippen molar-refractivity contribution in [2.45, 2.75) is 37.6 Å². The Balaban J connectivity index is 1.16. The summed E-state index contributed by atoms with van der Waals surface area (Å²) in [7, 11) is 0. The van der Waals surface area contributed by atoms with Gasteiger partial charge in [-0.3, -0.25) is 0 Å². The van der Waals surface area contributed by atoms with Crippen molar-refractivity contribution in [2.75, 3.05) is 18.4 Å². The van der Waals surface area contributed by atoms with Crippen LogP contribution in [0.15, 0.2) is 61.1 Å². The molecule has 2 N–H and O–H groups in total. The van der Waals surface area contributed by atoms with Gasteiger partial charge in [-0.15, -0.1) is 0 Å². The van der Waals surface area contributed by atoms with Gasteiger partial charge in [0.05, 0.1) is 35.9 Å². The number of piperidine rings is 1. The zero-order chi connectivity index (χ0) is 23.9. The van der Waals surface area contributed by atoms with Gasteiger partial charge in [0.2, 0.25) is 0 Å². The summed E-state index contributed by atoms with van der Waals surface area (Å²) in [5, 5.41) is 13.7. The number of carbonyl (C=O) groups excluding carboxylic acids is 1. The van der Waals surface area contributed by atoms with Crippen molar-refractivity contribution in [3.8, 4) is 11.3 Å². The van der Waals surface area contributed by atoms with Crippen LogP contribution in [-0.2, 0) is 6.18 Å². The van der Waals surface area contributed by atoms with Crippen LogP contribution in [0.3, 0.4) is 0 Å². The van der Waals surface area contributed by atoms with Crippen LogP contribution in [0.1, 0.15) is 36.4 Å². The van der Waals surface area contributed by atoms with Crippen LogP contribution in [0.5, 0.6) is 0 Å². The Morgan fingerprint density at radius 3 is 2.53 bits per heavy atom. The number of fused-ring (bicyclic) bond motifs is 3. The van der Waals surface area contributed by atoms with Crippen LogP contribution in [0.2, 0.25) is 0 Å². The van der Waals surface area contributed by atoms with E-state index in [1.807, 2.05) is 18.3 Å². The van der Waals surface area contributed by atoms with Gasteiger partial charge in [-0.2, -0.15) is 13.2 Å². The van der Waals surface area contributed by atoms with Crippen LogP contribution >= 0.6 is 0 Å². The van der Waals surface area contributed by atoms with Gasteiger partial charge < -0.3 is 19.9 Å². The number of rotatable bonds is 4. The maximum absolute atomic E-state index is 12.7. The number of benzene rings is 2. The van der Waals surface area contributed by atoms with Gasteiger partial charge >= 0.3 is 12.2 Å². The summed E-state index contributed by atoms with van der Waals surface area (Å²) in [5.41, 5.74) is 2.95. The largest absolute Gasteiger partial charge is 0.416 e. The van der Waals surface area contributed by atoms with Crippen molar-refractivity contribution >= 4 is 11.7 Å². The monoisotopic (exact) mass is 470 g/mol. The lowest BCUT2D eigenvalue weighted by molar-refractivity contribution is -0.137. The number of aliphatic hydroxyl groups is 1. The molecule has 3 aromatic rings. The van der Waals surface area contributed by atoms with Crippen LogP contribution in [-0.4, -0.2) is 44.8 Å². The second-order valence-corrected chi connectivity index (χ2v) is 8.92. The van der Waals surface area contributed by atoms with E-state index in [1.54, 1.807) is 11.2 Å². The zero-order valence-electron chi connectivity index (χ0n) is 18.4. The van der Waals surface area contributed by atoms with Crippen molar-refractivity contribution < 1.29 is 23.1 Å². The number of aliphatic hydroxyl groups excluding tert-OH is 1. The number of nitrogens with one attached hydrogen (secondary N) is 1. The van der Waals surface area contributed by atoms with E-state index in [4.69, 9.17) is 0 Å². The highest BCUT2D eigenvalue weighted by Gasteiger charge is 2.34. The summed E-state index contributed by atoms with van der Waals surface area (Å²) in [5.74, 6) is 0.0647. The zero-order valence-corrected chi connectivity index (χ0v) is 18.4. The summed E-state index contributed by atoms with van der Waals surface area (Å²) >= 11 is 0. The number of alkyl halides is 3. The van der Waals surface area contributed by atoms with E-state index in [-0.39, 0.29) is 18.0 Å². The number of nitrogens with zero attached hydrogens (tertiary/aromatic N) is 3. The van der Waals surface area contributed by atoms with E-state index in [9.17, 15) is 23.1 Å². The van der Waals surface area contributed by atoms with E-state index < -0.39 is 17.8 Å². The molecular weight excluding hydrogens is 445 g/mol. The van der Waals surface area contributed by atoms with Gasteiger partial charge in [0.25, 0.3) is 0 Å². The minimum absolute atomic E-state index is 0.0321. The first-order valence-corrected chi connectivity index (χ1v) is 11.3. The molecule has 3 heterocycles. The molecule has 2 amide bonds. The molecule has 9 heteroatoms. The number of halogens is 3. The van der Waals surface area contributed by atoms with Gasteiger partial charge in [-0.05, 0) is 55.0 Å². The standard InChI is InChI=1S/C25H25F3N4O2/c26-25(27,28)17-5-7-18(8-6-17)30-24(34)31-11-9-16(10-12-31)23(33)13-21-19-3-1-2-4-20(19)22-14-29-15-32(21)22/h1-8,14-16,21,23,33H,9-13H2,(H,30,34)/t21-,23+/m0/s1. The summed E-state index contributed by atoms with van der Waals surface area (Å²) in [4.78, 5) is 18.5. The molecule has 2 aliphatic heterocycles. The Hall–Kier alpha value is -3.33. The second-order valence-electron chi connectivity index (χ2n) is 8.92. The van der Waals surface area contributed by atoms with Crippen LogP contribution in [0, 0.1) is 5.92 Å². The Kier molecular flexibility index (Phi) is 5.81. The summed E-state index contributed by atoms with van der Waals surface area (Å²) in [6.07, 6.45) is 0.611. The molecule has 0 radical (unpaired) electrons. The van der Waals surface area contributed by atoms with Crippen LogP contribution in [0.25, 0.3) is 11.3 Å². The summed E-state index contributed by atoms with van der Waals surface area (Å²) < 4.78 is 40.2. The number of hydrogen-bond acceptors (Lipinski definition) is 3. The van der Waals surface area contributed by atoms with Crippen molar-refractivity contribution in [1.82, 2.24) is 14.5 Å². The predicted octanol–water partition coefficient (Wildman–Crippen LogP) is 5.17. The molecule has 2 aliphatic rings. The Bertz CT molecular complexity index is 1170. The Morgan fingerprint density at radius 1 is 1.12 bits per heavy atom. The molecule has 178 valence electrons. The van der Waals surface area contributed by atoms with Crippen molar-refractivity contribution in [3.05, 3.63) is 72.2 Å². The molecule has 2 atom stereocenters. The molecule has 0 aliphatic carbocycles.